The van der Waals surface area contributed by atoms with E-state index in [1.54, 1.807) is 0 Å². The molecule has 0 aromatic heterocycles. The summed E-state index contributed by atoms with van der Waals surface area (Å²) in [4.78, 5) is 9.93. The summed E-state index contributed by atoms with van der Waals surface area (Å²) >= 11 is 0. The second kappa shape index (κ2) is 8.59. The Balaban J connectivity index is 1.90. The number of hydrogen-bond donors (Lipinski definition) is 2. The molecule has 148 valence electrons. The molecule has 2 aromatic rings. The van der Waals surface area contributed by atoms with Crippen LogP contribution in [0.4, 0.5) is 0 Å². The zero-order chi connectivity index (χ0) is 20.3. The summed E-state index contributed by atoms with van der Waals surface area (Å²) in [5.41, 5.74) is 5.00. The fourth-order valence-electron chi connectivity index (χ4n) is 3.93. The first-order chi connectivity index (χ1) is 13.4. The lowest BCUT2D eigenvalue weighted by molar-refractivity contribution is 0.388. The molecule has 0 spiro atoms. The van der Waals surface area contributed by atoms with Gasteiger partial charge >= 0.3 is 0 Å². The van der Waals surface area contributed by atoms with Gasteiger partial charge in [0.05, 0.1) is 12.1 Å². The van der Waals surface area contributed by atoms with Crippen molar-refractivity contribution in [3.63, 3.8) is 0 Å². The molecule has 0 bridgehead atoms. The lowest BCUT2D eigenvalue weighted by atomic mass is 9.90. The number of rotatable bonds is 4. The van der Waals surface area contributed by atoms with Crippen molar-refractivity contribution in [2.45, 2.75) is 65.5 Å². The lowest BCUT2D eigenvalue weighted by Crippen LogP contribution is -2.29. The van der Waals surface area contributed by atoms with Gasteiger partial charge in [-0.15, -0.1) is 0 Å². The van der Waals surface area contributed by atoms with Crippen LogP contribution in [-0.4, -0.2) is 33.7 Å². The molecule has 0 amide bonds. The Bertz CT molecular complexity index is 839. The molecule has 0 heterocycles. The van der Waals surface area contributed by atoms with E-state index in [1.165, 1.54) is 0 Å². The Hall–Kier alpha value is -2.62. The third kappa shape index (κ3) is 4.27. The molecule has 0 saturated heterocycles. The molecular weight excluding hydrogens is 348 g/mol. The molecular formula is C24H30N2O2. The Morgan fingerprint density at radius 1 is 0.750 bits per heavy atom. The predicted octanol–water partition coefficient (Wildman–Crippen LogP) is 5.34. The van der Waals surface area contributed by atoms with Gasteiger partial charge in [-0.25, -0.2) is 0 Å². The van der Waals surface area contributed by atoms with Crippen molar-refractivity contribution >= 4 is 11.4 Å². The van der Waals surface area contributed by atoms with Crippen LogP contribution >= 0.6 is 0 Å². The second-order valence-corrected chi connectivity index (χ2v) is 7.79. The van der Waals surface area contributed by atoms with E-state index in [1.807, 2.05) is 64.1 Å². The quantitative estimate of drug-likeness (QED) is 0.705. The van der Waals surface area contributed by atoms with E-state index in [-0.39, 0.29) is 12.1 Å². The van der Waals surface area contributed by atoms with Crippen LogP contribution in [0.15, 0.2) is 46.4 Å². The molecule has 0 aliphatic heterocycles. The van der Waals surface area contributed by atoms with Crippen LogP contribution in [0, 0.1) is 13.8 Å². The molecule has 2 N–H and O–H groups in total. The molecule has 1 saturated carbocycles. The lowest BCUT2D eigenvalue weighted by Gasteiger charge is -2.27. The Labute approximate surface area is 167 Å². The van der Waals surface area contributed by atoms with Gasteiger partial charge in [-0.05, 0) is 63.8 Å². The number of aromatic hydroxyl groups is 2. The molecule has 0 radical (unpaired) electrons. The van der Waals surface area contributed by atoms with E-state index < -0.39 is 0 Å². The van der Waals surface area contributed by atoms with Crippen LogP contribution in [0.3, 0.4) is 0 Å². The second-order valence-electron chi connectivity index (χ2n) is 7.79. The van der Waals surface area contributed by atoms with Crippen LogP contribution in [0.2, 0.25) is 0 Å². The maximum Gasteiger partial charge on any atom is 0.127 e. The predicted molar refractivity (Wildman–Crippen MR) is 116 cm³/mol. The zero-order valence-electron chi connectivity index (χ0n) is 17.2. The van der Waals surface area contributed by atoms with Gasteiger partial charge in [-0.2, -0.15) is 0 Å². The van der Waals surface area contributed by atoms with Crippen molar-refractivity contribution in [3.8, 4) is 11.5 Å². The molecule has 4 nitrogen and oxygen atoms in total. The molecule has 2 atom stereocenters. The number of phenols is 2. The van der Waals surface area contributed by atoms with Gasteiger partial charge < -0.3 is 10.2 Å². The van der Waals surface area contributed by atoms with Crippen LogP contribution in [0.5, 0.6) is 11.5 Å². The first kappa shape index (κ1) is 20.1. The van der Waals surface area contributed by atoms with Crippen molar-refractivity contribution in [2.24, 2.45) is 9.98 Å². The first-order valence-electron chi connectivity index (χ1n) is 10.0. The smallest absolute Gasteiger partial charge is 0.127 e. The van der Waals surface area contributed by atoms with Crippen LogP contribution in [-0.2, 0) is 0 Å². The molecule has 4 heteroatoms. The number of para-hydroxylation sites is 2. The van der Waals surface area contributed by atoms with Crippen molar-refractivity contribution in [1.29, 1.82) is 0 Å². The van der Waals surface area contributed by atoms with Crippen LogP contribution < -0.4 is 0 Å². The summed E-state index contributed by atoms with van der Waals surface area (Å²) in [6, 6.07) is 11.7. The van der Waals surface area contributed by atoms with Gasteiger partial charge in [0, 0.05) is 22.6 Å². The minimum Gasteiger partial charge on any atom is -0.507 e. The Kier molecular flexibility index (Phi) is 6.18. The van der Waals surface area contributed by atoms with Gasteiger partial charge in [0.15, 0.2) is 0 Å². The average Bonchev–Trinajstić information content (AvgIpc) is 2.67. The average molecular weight is 379 g/mol. The SMILES string of the molecule is CC(=NC1CCCCC1N=C(C)c1cccc(C)c1O)c1cccc(C)c1O. The van der Waals surface area contributed by atoms with E-state index >= 15 is 0 Å². The van der Waals surface area contributed by atoms with Crippen molar-refractivity contribution < 1.29 is 10.2 Å². The van der Waals surface area contributed by atoms with E-state index in [0.717, 1.165) is 59.4 Å². The Morgan fingerprint density at radius 3 is 1.54 bits per heavy atom. The van der Waals surface area contributed by atoms with E-state index in [4.69, 9.17) is 9.98 Å². The largest absolute Gasteiger partial charge is 0.507 e. The standard InChI is InChI=1S/C24H30N2O2/c1-15-9-7-11-19(23(15)27)17(3)25-21-13-5-6-14-22(21)26-18(4)20-12-8-10-16(2)24(20)28/h7-12,21-22,27-28H,5-6,13-14H2,1-4H3. The highest BCUT2D eigenvalue weighted by Gasteiger charge is 2.25. The van der Waals surface area contributed by atoms with Crippen molar-refractivity contribution in [2.75, 3.05) is 0 Å². The highest BCUT2D eigenvalue weighted by Crippen LogP contribution is 2.29. The fourth-order valence-corrected chi connectivity index (χ4v) is 3.93. The number of benzene rings is 2. The minimum atomic E-state index is 0.0931. The first-order valence-corrected chi connectivity index (χ1v) is 10.0. The molecule has 1 aliphatic rings. The summed E-state index contributed by atoms with van der Waals surface area (Å²) in [6.07, 6.45) is 4.26. The number of nitrogens with zero attached hydrogens (tertiary/aromatic N) is 2. The molecule has 2 aromatic carbocycles. The van der Waals surface area contributed by atoms with Crippen molar-refractivity contribution in [1.82, 2.24) is 0 Å². The van der Waals surface area contributed by atoms with Gasteiger partial charge in [-0.3, -0.25) is 9.98 Å². The zero-order valence-corrected chi connectivity index (χ0v) is 17.2. The van der Waals surface area contributed by atoms with Crippen LogP contribution in [0.25, 0.3) is 0 Å². The molecule has 1 aliphatic carbocycles. The van der Waals surface area contributed by atoms with Crippen molar-refractivity contribution in [3.05, 3.63) is 58.7 Å². The Morgan fingerprint density at radius 2 is 1.14 bits per heavy atom. The summed E-state index contributed by atoms with van der Waals surface area (Å²) in [5, 5.41) is 20.8. The molecule has 3 rings (SSSR count). The highest BCUT2D eigenvalue weighted by atomic mass is 16.3. The number of aryl methyl sites for hydroxylation is 2. The maximum absolute atomic E-state index is 10.4. The fraction of sp³-hybridized carbons (Fsp3) is 0.417. The van der Waals surface area contributed by atoms with Crippen LogP contribution in [0.1, 0.15) is 61.8 Å². The normalized spacial score (nSPS) is 21.0. The van der Waals surface area contributed by atoms with Gasteiger partial charge in [0.25, 0.3) is 0 Å². The minimum absolute atomic E-state index is 0.0931. The molecule has 28 heavy (non-hydrogen) atoms. The summed E-state index contributed by atoms with van der Waals surface area (Å²) < 4.78 is 0. The number of hydrogen-bond acceptors (Lipinski definition) is 4. The summed E-state index contributed by atoms with van der Waals surface area (Å²) in [6.45, 7) is 7.72. The van der Waals surface area contributed by atoms with E-state index in [9.17, 15) is 10.2 Å². The highest BCUT2D eigenvalue weighted by molar-refractivity contribution is 6.02. The number of aliphatic imine (C=N–C) groups is 2. The summed E-state index contributed by atoms with van der Waals surface area (Å²) in [7, 11) is 0. The topological polar surface area (TPSA) is 65.2 Å². The van der Waals surface area contributed by atoms with Gasteiger partial charge in [0.2, 0.25) is 0 Å². The van der Waals surface area contributed by atoms with E-state index in [2.05, 4.69) is 0 Å². The monoisotopic (exact) mass is 378 g/mol. The molecule has 2 unspecified atom stereocenters. The van der Waals surface area contributed by atoms with Gasteiger partial charge in [0.1, 0.15) is 11.5 Å². The third-order valence-electron chi connectivity index (χ3n) is 5.67. The van der Waals surface area contributed by atoms with E-state index in [0.29, 0.717) is 11.5 Å². The van der Waals surface area contributed by atoms with Gasteiger partial charge in [-0.1, -0.05) is 37.1 Å². The molecule has 1 fully saturated rings. The maximum atomic E-state index is 10.4. The number of phenolic OH excluding ortho intramolecular Hbond substituents is 2. The summed E-state index contributed by atoms with van der Waals surface area (Å²) in [5.74, 6) is 0.612. The third-order valence-corrected chi connectivity index (χ3v) is 5.67.